The molecule has 2 aliphatic rings. The fourth-order valence-electron chi connectivity index (χ4n) is 3.63. The van der Waals surface area contributed by atoms with Gasteiger partial charge in [0.05, 0.1) is 25.4 Å². The van der Waals surface area contributed by atoms with E-state index in [0.29, 0.717) is 17.9 Å². The number of hydrogen-bond donors (Lipinski definition) is 0. The number of ether oxygens (including phenoxy) is 2. The lowest BCUT2D eigenvalue weighted by Gasteiger charge is -2.32. The molecule has 1 aromatic heterocycles. The molecule has 0 atom stereocenters. The minimum absolute atomic E-state index is 0.367. The zero-order valence-corrected chi connectivity index (χ0v) is 15.4. The lowest BCUT2D eigenvalue weighted by Crippen LogP contribution is -2.36. The lowest BCUT2D eigenvalue weighted by atomic mass is 9.96. The van der Waals surface area contributed by atoms with Gasteiger partial charge in [0.25, 0.3) is 5.89 Å². The van der Waals surface area contributed by atoms with Crippen molar-refractivity contribution in [3.05, 3.63) is 30.1 Å². The molecule has 0 radical (unpaired) electrons. The monoisotopic (exact) mass is 357 g/mol. The fourth-order valence-corrected chi connectivity index (χ4v) is 3.63. The van der Waals surface area contributed by atoms with Crippen LogP contribution in [0.1, 0.15) is 43.8 Å². The second kappa shape index (κ2) is 8.18. The quantitative estimate of drug-likeness (QED) is 0.756. The van der Waals surface area contributed by atoms with Crippen LogP contribution in [0.4, 0.5) is 0 Å². The predicted molar refractivity (Wildman–Crippen MR) is 98.3 cm³/mol. The molecule has 1 saturated heterocycles. The number of piperidine rings is 1. The summed E-state index contributed by atoms with van der Waals surface area (Å²) in [5.41, 5.74) is 0.847. The van der Waals surface area contributed by atoms with E-state index in [4.69, 9.17) is 14.0 Å². The number of benzene rings is 1. The Bertz CT molecular complexity index is 706. The van der Waals surface area contributed by atoms with Gasteiger partial charge in [-0.2, -0.15) is 4.98 Å². The molecule has 1 saturated carbocycles. The second-order valence-electron chi connectivity index (χ2n) is 7.20. The van der Waals surface area contributed by atoms with Crippen molar-refractivity contribution in [2.24, 2.45) is 0 Å². The maximum atomic E-state index is 5.87. The van der Waals surface area contributed by atoms with Crippen LogP contribution < -0.4 is 4.74 Å². The van der Waals surface area contributed by atoms with Gasteiger partial charge in [0.15, 0.2) is 5.82 Å². The Balaban J connectivity index is 1.30. The minimum atomic E-state index is 0.367. The Morgan fingerprint density at radius 1 is 1.15 bits per heavy atom. The molecule has 0 spiro atoms. The Kier molecular flexibility index (Phi) is 5.51. The molecule has 6 heteroatoms. The van der Waals surface area contributed by atoms with Gasteiger partial charge < -0.3 is 18.9 Å². The highest BCUT2D eigenvalue weighted by Crippen LogP contribution is 2.31. The SMILES string of the molecule is COc1ccccc1-c1nc(C2CCN(CCOC3CCC3)CC2)no1. The van der Waals surface area contributed by atoms with E-state index in [1.54, 1.807) is 7.11 Å². The van der Waals surface area contributed by atoms with E-state index in [-0.39, 0.29) is 0 Å². The van der Waals surface area contributed by atoms with E-state index in [1.165, 1.54) is 19.3 Å². The van der Waals surface area contributed by atoms with Crippen molar-refractivity contribution < 1.29 is 14.0 Å². The summed E-state index contributed by atoms with van der Waals surface area (Å²) < 4.78 is 16.8. The molecule has 1 aliphatic carbocycles. The van der Waals surface area contributed by atoms with E-state index < -0.39 is 0 Å². The molecular weight excluding hydrogens is 330 g/mol. The van der Waals surface area contributed by atoms with Gasteiger partial charge in [0.2, 0.25) is 0 Å². The Morgan fingerprint density at radius 3 is 2.69 bits per heavy atom. The van der Waals surface area contributed by atoms with Crippen molar-refractivity contribution in [3.8, 4) is 17.2 Å². The molecule has 1 aromatic carbocycles. The van der Waals surface area contributed by atoms with Crippen molar-refractivity contribution in [1.29, 1.82) is 0 Å². The Labute approximate surface area is 154 Å². The average Bonchev–Trinajstić information content (AvgIpc) is 3.14. The van der Waals surface area contributed by atoms with Crippen LogP contribution in [0.3, 0.4) is 0 Å². The molecule has 140 valence electrons. The van der Waals surface area contributed by atoms with Gasteiger partial charge in [-0.3, -0.25) is 0 Å². The zero-order valence-electron chi connectivity index (χ0n) is 15.4. The van der Waals surface area contributed by atoms with Gasteiger partial charge in [-0.05, 0) is 57.3 Å². The van der Waals surface area contributed by atoms with Gasteiger partial charge in [0, 0.05) is 12.5 Å². The standard InChI is InChI=1S/C20H27N3O3/c1-24-18-8-3-2-7-17(18)20-21-19(22-26-20)15-9-11-23(12-10-15)13-14-25-16-5-4-6-16/h2-3,7-8,15-16H,4-6,9-14H2,1H3. The number of hydrogen-bond acceptors (Lipinski definition) is 6. The summed E-state index contributed by atoms with van der Waals surface area (Å²) in [5.74, 6) is 2.47. The first-order chi connectivity index (χ1) is 12.8. The van der Waals surface area contributed by atoms with Crippen molar-refractivity contribution >= 4 is 0 Å². The first kappa shape index (κ1) is 17.5. The van der Waals surface area contributed by atoms with Crippen LogP contribution in [0.15, 0.2) is 28.8 Å². The fraction of sp³-hybridized carbons (Fsp3) is 0.600. The van der Waals surface area contributed by atoms with Crippen LogP contribution in [0.5, 0.6) is 5.75 Å². The average molecular weight is 357 g/mol. The number of rotatable bonds is 7. The predicted octanol–water partition coefficient (Wildman–Crippen LogP) is 3.49. The highest BCUT2D eigenvalue weighted by molar-refractivity contribution is 5.62. The maximum absolute atomic E-state index is 5.87. The van der Waals surface area contributed by atoms with E-state index in [9.17, 15) is 0 Å². The lowest BCUT2D eigenvalue weighted by molar-refractivity contribution is -0.00957. The third-order valence-corrected chi connectivity index (χ3v) is 5.55. The molecular formula is C20H27N3O3. The zero-order chi connectivity index (χ0) is 17.8. The van der Waals surface area contributed by atoms with Gasteiger partial charge in [0.1, 0.15) is 5.75 Å². The summed E-state index contributed by atoms with van der Waals surface area (Å²) in [5, 5.41) is 4.24. The van der Waals surface area contributed by atoms with Crippen LogP contribution in [-0.4, -0.2) is 54.5 Å². The van der Waals surface area contributed by atoms with Crippen molar-refractivity contribution in [3.63, 3.8) is 0 Å². The summed E-state index contributed by atoms with van der Waals surface area (Å²) >= 11 is 0. The number of likely N-dealkylation sites (tertiary alicyclic amines) is 1. The second-order valence-corrected chi connectivity index (χ2v) is 7.20. The van der Waals surface area contributed by atoms with Crippen LogP contribution in [0.25, 0.3) is 11.5 Å². The topological polar surface area (TPSA) is 60.6 Å². The summed E-state index contributed by atoms with van der Waals surface area (Å²) in [7, 11) is 1.65. The Morgan fingerprint density at radius 2 is 1.96 bits per heavy atom. The summed E-state index contributed by atoms with van der Waals surface area (Å²) in [6.07, 6.45) is 6.48. The van der Waals surface area contributed by atoms with Crippen molar-refractivity contribution in [2.75, 3.05) is 33.4 Å². The van der Waals surface area contributed by atoms with E-state index in [1.807, 2.05) is 24.3 Å². The molecule has 0 amide bonds. The molecule has 2 heterocycles. The molecule has 2 aromatic rings. The number of methoxy groups -OCH3 is 1. The number of aromatic nitrogens is 2. The third-order valence-electron chi connectivity index (χ3n) is 5.55. The first-order valence-electron chi connectivity index (χ1n) is 9.64. The molecule has 4 rings (SSSR count). The highest BCUT2D eigenvalue weighted by atomic mass is 16.5. The summed E-state index contributed by atoms with van der Waals surface area (Å²) in [6.45, 7) is 4.02. The van der Waals surface area contributed by atoms with Crippen LogP contribution in [-0.2, 0) is 4.74 Å². The van der Waals surface area contributed by atoms with Gasteiger partial charge >= 0.3 is 0 Å². The smallest absolute Gasteiger partial charge is 0.261 e. The molecule has 0 bridgehead atoms. The normalized spacial score (nSPS) is 19.4. The Hall–Kier alpha value is -1.92. The van der Waals surface area contributed by atoms with Crippen molar-refractivity contribution in [2.45, 2.75) is 44.1 Å². The van der Waals surface area contributed by atoms with E-state index in [0.717, 1.165) is 56.2 Å². The third kappa shape index (κ3) is 3.91. The van der Waals surface area contributed by atoms with E-state index >= 15 is 0 Å². The van der Waals surface area contributed by atoms with Gasteiger partial charge in [-0.1, -0.05) is 17.3 Å². The molecule has 2 fully saturated rings. The van der Waals surface area contributed by atoms with E-state index in [2.05, 4.69) is 15.0 Å². The van der Waals surface area contributed by atoms with Gasteiger partial charge in [-0.15, -0.1) is 0 Å². The molecule has 6 nitrogen and oxygen atoms in total. The summed E-state index contributed by atoms with van der Waals surface area (Å²) in [6, 6.07) is 7.74. The molecule has 0 unspecified atom stereocenters. The first-order valence-corrected chi connectivity index (χ1v) is 9.64. The van der Waals surface area contributed by atoms with Crippen LogP contribution in [0.2, 0.25) is 0 Å². The van der Waals surface area contributed by atoms with Gasteiger partial charge in [-0.25, -0.2) is 0 Å². The molecule has 26 heavy (non-hydrogen) atoms. The van der Waals surface area contributed by atoms with Crippen LogP contribution in [0, 0.1) is 0 Å². The largest absolute Gasteiger partial charge is 0.496 e. The van der Waals surface area contributed by atoms with Crippen LogP contribution >= 0.6 is 0 Å². The number of para-hydroxylation sites is 1. The number of nitrogens with zero attached hydrogens (tertiary/aromatic N) is 3. The maximum Gasteiger partial charge on any atom is 0.261 e. The van der Waals surface area contributed by atoms with Crippen molar-refractivity contribution in [1.82, 2.24) is 15.0 Å². The summed E-state index contributed by atoms with van der Waals surface area (Å²) in [4.78, 5) is 7.12. The molecule has 0 N–H and O–H groups in total. The minimum Gasteiger partial charge on any atom is -0.496 e. The highest BCUT2D eigenvalue weighted by Gasteiger charge is 2.26. The molecule has 1 aliphatic heterocycles.